The zero-order valence-corrected chi connectivity index (χ0v) is 11.1. The molecule has 0 atom stereocenters. The monoisotopic (exact) mass is 292 g/mol. The number of nitrogens with two attached hydrogens (primary N) is 1. The maximum atomic E-state index is 12.2. The average Bonchev–Trinajstić information content (AvgIpc) is 2.31. The van der Waals surface area contributed by atoms with Gasteiger partial charge in [0.1, 0.15) is 0 Å². The number of pyridine rings is 1. The summed E-state index contributed by atoms with van der Waals surface area (Å²) in [5.41, 5.74) is 6.31. The average molecular weight is 292 g/mol. The molecule has 112 valence electrons. The van der Waals surface area contributed by atoms with E-state index in [9.17, 15) is 18.0 Å². The zero-order valence-electron chi connectivity index (χ0n) is 11.1. The zero-order chi connectivity index (χ0) is 15.3. The van der Waals surface area contributed by atoms with Crippen LogP contribution in [0.25, 0.3) is 0 Å². The number of carbonyl (C=O) groups excluding carboxylic acids is 1. The highest BCUT2D eigenvalue weighted by atomic mass is 19.4. The topological polar surface area (TPSA) is 74.4 Å². The van der Waals surface area contributed by atoms with Crippen molar-refractivity contribution in [3.05, 3.63) is 23.0 Å². The fourth-order valence-corrected chi connectivity index (χ4v) is 1.66. The van der Waals surface area contributed by atoms with E-state index in [1.165, 1.54) is 6.92 Å². The first-order chi connectivity index (χ1) is 9.28. The summed E-state index contributed by atoms with van der Waals surface area (Å²) in [7, 11) is 0. The van der Waals surface area contributed by atoms with Crippen LogP contribution in [0.5, 0.6) is 5.75 Å². The third-order valence-corrected chi connectivity index (χ3v) is 2.57. The molecule has 0 fully saturated rings. The van der Waals surface area contributed by atoms with Crippen molar-refractivity contribution in [1.29, 1.82) is 0 Å². The SMILES string of the molecule is CCOC(=O)Cc1ncc(OC(F)(F)F)c(CN)c1C. The van der Waals surface area contributed by atoms with Gasteiger partial charge in [-0.15, -0.1) is 13.2 Å². The van der Waals surface area contributed by atoms with Crippen molar-refractivity contribution in [3.63, 3.8) is 0 Å². The molecule has 1 heterocycles. The summed E-state index contributed by atoms with van der Waals surface area (Å²) < 4.78 is 45.3. The molecule has 0 aliphatic heterocycles. The van der Waals surface area contributed by atoms with E-state index in [1.807, 2.05) is 0 Å². The van der Waals surface area contributed by atoms with Crippen molar-refractivity contribution in [2.24, 2.45) is 5.73 Å². The Balaban J connectivity index is 3.05. The molecule has 0 aliphatic carbocycles. The van der Waals surface area contributed by atoms with Crippen LogP contribution in [0.4, 0.5) is 13.2 Å². The summed E-state index contributed by atoms with van der Waals surface area (Å²) in [6.07, 6.45) is -4.03. The van der Waals surface area contributed by atoms with Gasteiger partial charge in [0.05, 0.1) is 24.9 Å². The van der Waals surface area contributed by atoms with Crippen LogP contribution >= 0.6 is 0 Å². The van der Waals surface area contributed by atoms with Crippen molar-refractivity contribution < 1.29 is 27.4 Å². The van der Waals surface area contributed by atoms with Gasteiger partial charge in [-0.1, -0.05) is 0 Å². The molecule has 20 heavy (non-hydrogen) atoms. The lowest BCUT2D eigenvalue weighted by atomic mass is 10.1. The van der Waals surface area contributed by atoms with Gasteiger partial charge in [0.2, 0.25) is 0 Å². The standard InChI is InChI=1S/C12H15F3N2O3/c1-3-19-11(18)4-9-7(2)8(5-16)10(6-17-9)20-12(13,14)15/h6H,3-5,16H2,1-2H3. The quantitative estimate of drug-likeness (QED) is 0.838. The molecule has 0 saturated heterocycles. The van der Waals surface area contributed by atoms with Crippen LogP contribution in [-0.2, 0) is 22.5 Å². The van der Waals surface area contributed by atoms with Crippen molar-refractivity contribution >= 4 is 5.97 Å². The third-order valence-electron chi connectivity index (χ3n) is 2.57. The van der Waals surface area contributed by atoms with Crippen molar-refractivity contribution in [3.8, 4) is 5.75 Å². The molecule has 1 aromatic rings. The van der Waals surface area contributed by atoms with E-state index in [1.54, 1.807) is 6.92 Å². The Morgan fingerprint density at radius 2 is 2.10 bits per heavy atom. The van der Waals surface area contributed by atoms with Crippen LogP contribution in [0.15, 0.2) is 6.20 Å². The van der Waals surface area contributed by atoms with Gasteiger partial charge in [0, 0.05) is 12.1 Å². The van der Waals surface area contributed by atoms with Crippen LogP contribution in [0.2, 0.25) is 0 Å². The molecule has 0 unspecified atom stereocenters. The molecule has 0 saturated carbocycles. The predicted molar refractivity (Wildman–Crippen MR) is 63.9 cm³/mol. The second-order valence-electron chi connectivity index (χ2n) is 3.91. The summed E-state index contributed by atoms with van der Waals surface area (Å²) in [6.45, 7) is 3.25. The van der Waals surface area contributed by atoms with Crippen molar-refractivity contribution in [2.45, 2.75) is 33.2 Å². The highest BCUT2D eigenvalue weighted by Gasteiger charge is 2.32. The van der Waals surface area contributed by atoms with Gasteiger partial charge in [-0.25, -0.2) is 0 Å². The third kappa shape index (κ3) is 4.37. The minimum absolute atomic E-state index is 0.126. The summed E-state index contributed by atoms with van der Waals surface area (Å²) in [5.74, 6) is -0.958. The minimum atomic E-state index is -4.82. The number of carbonyl (C=O) groups is 1. The summed E-state index contributed by atoms with van der Waals surface area (Å²) in [4.78, 5) is 15.2. The lowest BCUT2D eigenvalue weighted by Crippen LogP contribution is -2.20. The summed E-state index contributed by atoms with van der Waals surface area (Å²) >= 11 is 0. The van der Waals surface area contributed by atoms with Gasteiger partial charge in [0.15, 0.2) is 5.75 Å². The first-order valence-electron chi connectivity index (χ1n) is 5.87. The fraction of sp³-hybridized carbons (Fsp3) is 0.500. The molecule has 0 bridgehead atoms. The lowest BCUT2D eigenvalue weighted by Gasteiger charge is -2.16. The number of halogens is 3. The number of hydrogen-bond acceptors (Lipinski definition) is 5. The number of ether oxygens (including phenoxy) is 2. The van der Waals surface area contributed by atoms with Gasteiger partial charge in [-0.05, 0) is 19.4 Å². The Bertz CT molecular complexity index is 490. The summed E-state index contributed by atoms with van der Waals surface area (Å²) in [5, 5.41) is 0. The molecule has 2 N–H and O–H groups in total. The Kier molecular flexibility index (Phi) is 5.32. The number of alkyl halides is 3. The number of aromatic nitrogens is 1. The molecule has 8 heteroatoms. The van der Waals surface area contributed by atoms with Crippen LogP contribution in [0.1, 0.15) is 23.7 Å². The molecular weight excluding hydrogens is 277 g/mol. The van der Waals surface area contributed by atoms with E-state index < -0.39 is 18.1 Å². The number of hydrogen-bond donors (Lipinski definition) is 1. The Morgan fingerprint density at radius 1 is 1.45 bits per heavy atom. The Labute approximate surface area is 113 Å². The number of rotatable bonds is 5. The molecule has 0 amide bonds. The fourth-order valence-electron chi connectivity index (χ4n) is 1.66. The van der Waals surface area contributed by atoms with Crippen LogP contribution < -0.4 is 10.5 Å². The van der Waals surface area contributed by atoms with Gasteiger partial charge < -0.3 is 15.2 Å². The van der Waals surface area contributed by atoms with E-state index in [-0.39, 0.29) is 25.1 Å². The van der Waals surface area contributed by atoms with Crippen LogP contribution in [-0.4, -0.2) is 23.9 Å². The highest BCUT2D eigenvalue weighted by molar-refractivity contribution is 5.72. The predicted octanol–water partition coefficient (Wildman–Crippen LogP) is 1.85. The van der Waals surface area contributed by atoms with Crippen LogP contribution in [0.3, 0.4) is 0 Å². The molecule has 1 aromatic heterocycles. The first kappa shape index (κ1) is 16.2. The second-order valence-corrected chi connectivity index (χ2v) is 3.91. The number of esters is 1. The maximum Gasteiger partial charge on any atom is 0.573 e. The largest absolute Gasteiger partial charge is 0.573 e. The van der Waals surface area contributed by atoms with Crippen LogP contribution in [0, 0.1) is 6.92 Å². The Morgan fingerprint density at radius 3 is 2.60 bits per heavy atom. The normalized spacial score (nSPS) is 11.3. The first-order valence-corrected chi connectivity index (χ1v) is 5.87. The molecular formula is C12H15F3N2O3. The second kappa shape index (κ2) is 6.56. The van der Waals surface area contributed by atoms with E-state index >= 15 is 0 Å². The molecule has 0 aliphatic rings. The molecule has 5 nitrogen and oxygen atoms in total. The molecule has 0 radical (unpaired) electrons. The summed E-state index contributed by atoms with van der Waals surface area (Å²) in [6, 6.07) is 0. The van der Waals surface area contributed by atoms with E-state index in [2.05, 4.69) is 9.72 Å². The Hall–Kier alpha value is -1.83. The van der Waals surface area contributed by atoms with E-state index in [0.717, 1.165) is 6.20 Å². The van der Waals surface area contributed by atoms with Crippen molar-refractivity contribution in [2.75, 3.05) is 6.61 Å². The maximum absolute atomic E-state index is 12.2. The van der Waals surface area contributed by atoms with Crippen molar-refractivity contribution in [1.82, 2.24) is 4.98 Å². The molecule has 0 aromatic carbocycles. The minimum Gasteiger partial charge on any atom is -0.466 e. The van der Waals surface area contributed by atoms with Gasteiger partial charge in [0.25, 0.3) is 0 Å². The van der Waals surface area contributed by atoms with E-state index in [0.29, 0.717) is 11.3 Å². The van der Waals surface area contributed by atoms with Gasteiger partial charge in [-0.2, -0.15) is 0 Å². The molecule has 0 spiro atoms. The lowest BCUT2D eigenvalue weighted by molar-refractivity contribution is -0.275. The molecule has 1 rings (SSSR count). The van der Waals surface area contributed by atoms with Gasteiger partial charge >= 0.3 is 12.3 Å². The van der Waals surface area contributed by atoms with E-state index in [4.69, 9.17) is 10.5 Å². The highest BCUT2D eigenvalue weighted by Crippen LogP contribution is 2.28. The number of nitrogens with zero attached hydrogens (tertiary/aromatic N) is 1. The van der Waals surface area contributed by atoms with Gasteiger partial charge in [-0.3, -0.25) is 9.78 Å². The smallest absolute Gasteiger partial charge is 0.466 e.